The van der Waals surface area contributed by atoms with Gasteiger partial charge in [0.25, 0.3) is 0 Å². The lowest BCUT2D eigenvalue weighted by Crippen LogP contribution is -2.05. The van der Waals surface area contributed by atoms with E-state index in [0.29, 0.717) is 18.2 Å². The van der Waals surface area contributed by atoms with Crippen molar-refractivity contribution >= 4 is 18.4 Å². The van der Waals surface area contributed by atoms with Crippen molar-refractivity contribution in [1.82, 2.24) is 0 Å². The Balaban J connectivity index is 2.44. The predicted molar refractivity (Wildman–Crippen MR) is 109 cm³/mol. The highest BCUT2D eigenvalue weighted by atomic mass is 15.0. The summed E-state index contributed by atoms with van der Waals surface area (Å²) in [5.41, 5.74) is 3.01. The van der Waals surface area contributed by atoms with Gasteiger partial charge in [0.2, 0.25) is 0 Å². The van der Waals surface area contributed by atoms with E-state index in [1.165, 1.54) is 0 Å². The molecule has 0 saturated carbocycles. The molecule has 0 fully saturated rings. The Morgan fingerprint density at radius 3 is 2.16 bits per heavy atom. The van der Waals surface area contributed by atoms with Crippen LogP contribution in [0.4, 0.5) is 0 Å². The van der Waals surface area contributed by atoms with Crippen LogP contribution in [0.5, 0.6) is 0 Å². The van der Waals surface area contributed by atoms with E-state index in [2.05, 4.69) is 28.8 Å². The molecule has 25 heavy (non-hydrogen) atoms. The smallest absolute Gasteiger partial charge is 0.160 e. The van der Waals surface area contributed by atoms with E-state index in [1.807, 2.05) is 80.6 Å². The van der Waals surface area contributed by atoms with Gasteiger partial charge in [-0.25, -0.2) is 9.98 Å². The quantitative estimate of drug-likeness (QED) is 0.408. The van der Waals surface area contributed by atoms with Gasteiger partial charge < -0.3 is 0 Å². The largest absolute Gasteiger partial charge is 0.261 e. The van der Waals surface area contributed by atoms with Crippen LogP contribution in [-0.2, 0) is 6.54 Å². The molecule has 0 radical (unpaired) electrons. The van der Waals surface area contributed by atoms with Crippen LogP contribution < -0.4 is 0 Å². The van der Waals surface area contributed by atoms with Gasteiger partial charge in [0.15, 0.2) is 11.7 Å². The van der Waals surface area contributed by atoms with Gasteiger partial charge in [0, 0.05) is 11.1 Å². The highest BCUT2D eigenvalue weighted by Crippen LogP contribution is 2.10. The molecule has 0 atom stereocenters. The Hall–Kier alpha value is -3.07. The van der Waals surface area contributed by atoms with Crippen molar-refractivity contribution in [3.05, 3.63) is 95.6 Å². The molecule has 0 heterocycles. The van der Waals surface area contributed by atoms with Crippen molar-refractivity contribution in [2.45, 2.75) is 20.4 Å². The van der Waals surface area contributed by atoms with Crippen LogP contribution in [-0.4, -0.2) is 18.4 Å². The first-order valence-electron chi connectivity index (χ1n) is 8.27. The Kier molecular flexibility index (Phi) is 7.26. The summed E-state index contributed by atoms with van der Waals surface area (Å²) in [7, 11) is 0. The van der Waals surface area contributed by atoms with Gasteiger partial charge in [-0.15, -0.1) is 0 Å². The lowest BCUT2D eigenvalue weighted by atomic mass is 10.2. The molecule has 3 nitrogen and oxygen atoms in total. The first-order chi connectivity index (χ1) is 12.3. The molecule has 2 aromatic carbocycles. The molecular formula is C22H23N3. The minimum atomic E-state index is 0.563. The van der Waals surface area contributed by atoms with Crippen LogP contribution in [0.2, 0.25) is 0 Å². The number of rotatable bonds is 5. The number of aliphatic imine (C=N–C) groups is 3. The summed E-state index contributed by atoms with van der Waals surface area (Å²) in [6, 6.07) is 20.1. The zero-order chi connectivity index (χ0) is 17.9. The molecule has 2 aromatic rings. The van der Waals surface area contributed by atoms with Crippen LogP contribution in [0, 0.1) is 0 Å². The topological polar surface area (TPSA) is 37.1 Å². The Bertz CT molecular complexity index is 798. The highest BCUT2D eigenvalue weighted by Gasteiger charge is 2.06. The molecule has 0 aliphatic heterocycles. The lowest BCUT2D eigenvalue weighted by Gasteiger charge is -2.06. The molecule has 0 saturated heterocycles. The molecule has 0 amide bonds. The Labute approximate surface area is 149 Å². The van der Waals surface area contributed by atoms with Gasteiger partial charge in [-0.2, -0.15) is 0 Å². The summed E-state index contributed by atoms with van der Waals surface area (Å²) in [5, 5.41) is 0. The van der Waals surface area contributed by atoms with Gasteiger partial charge >= 0.3 is 0 Å². The molecule has 0 unspecified atom stereocenters. The summed E-state index contributed by atoms with van der Waals surface area (Å²) < 4.78 is 0. The fraction of sp³-hybridized carbons (Fsp3) is 0.136. The highest BCUT2D eigenvalue weighted by molar-refractivity contribution is 6.13. The average Bonchev–Trinajstić information content (AvgIpc) is 2.68. The molecule has 3 heteroatoms. The van der Waals surface area contributed by atoms with Crippen LogP contribution in [0.3, 0.4) is 0 Å². The van der Waals surface area contributed by atoms with E-state index in [0.717, 1.165) is 16.7 Å². The van der Waals surface area contributed by atoms with Gasteiger partial charge in [-0.1, -0.05) is 78.9 Å². The van der Waals surface area contributed by atoms with Gasteiger partial charge in [-0.3, -0.25) is 4.99 Å². The third-order valence-electron chi connectivity index (χ3n) is 3.56. The molecule has 0 aliphatic rings. The number of nitrogens with zero attached hydrogens (tertiary/aromatic N) is 3. The SMILES string of the molecule is C=NC(=NC(=NCc1ccccc1)c1ccccc1)C(/C=C\C)=C/C. The minimum absolute atomic E-state index is 0.563. The van der Waals surface area contributed by atoms with Crippen molar-refractivity contribution in [2.75, 3.05) is 0 Å². The van der Waals surface area contributed by atoms with E-state index >= 15 is 0 Å². The van der Waals surface area contributed by atoms with E-state index in [-0.39, 0.29) is 0 Å². The molecule has 0 N–H and O–H groups in total. The molecule has 0 spiro atoms. The molecule has 126 valence electrons. The third-order valence-corrected chi connectivity index (χ3v) is 3.56. The summed E-state index contributed by atoms with van der Waals surface area (Å²) >= 11 is 0. The maximum absolute atomic E-state index is 4.72. The van der Waals surface area contributed by atoms with Crippen LogP contribution in [0.25, 0.3) is 0 Å². The van der Waals surface area contributed by atoms with E-state index in [9.17, 15) is 0 Å². The third kappa shape index (κ3) is 5.50. The summed E-state index contributed by atoms with van der Waals surface area (Å²) in [4.78, 5) is 13.5. The van der Waals surface area contributed by atoms with Crippen LogP contribution in [0.15, 0.2) is 99.4 Å². The Morgan fingerprint density at radius 1 is 0.960 bits per heavy atom. The fourth-order valence-corrected chi connectivity index (χ4v) is 2.30. The van der Waals surface area contributed by atoms with Crippen LogP contribution >= 0.6 is 0 Å². The maximum atomic E-state index is 4.72. The molecular weight excluding hydrogens is 306 g/mol. The maximum Gasteiger partial charge on any atom is 0.160 e. The standard InChI is InChI=1S/C22H23N3/c1-4-12-19(5-2)21(23-3)25-22(20-15-10-7-11-16-20)24-17-18-13-8-6-9-14-18/h4-16H,3,17H2,1-2H3/b12-4-,19-5+,24-22?,25-21?. The second-order valence-electron chi connectivity index (χ2n) is 5.33. The van der Waals surface area contributed by atoms with Gasteiger partial charge in [0.05, 0.1) is 6.54 Å². The fourth-order valence-electron chi connectivity index (χ4n) is 2.30. The summed E-state index contributed by atoms with van der Waals surface area (Å²) in [6.07, 6.45) is 5.89. The van der Waals surface area contributed by atoms with Crippen molar-refractivity contribution < 1.29 is 0 Å². The van der Waals surface area contributed by atoms with E-state index < -0.39 is 0 Å². The monoisotopic (exact) mass is 329 g/mol. The number of hydrogen-bond acceptors (Lipinski definition) is 1. The van der Waals surface area contributed by atoms with Crippen molar-refractivity contribution in [1.29, 1.82) is 0 Å². The lowest BCUT2D eigenvalue weighted by molar-refractivity contribution is 1.06. The zero-order valence-electron chi connectivity index (χ0n) is 14.8. The number of benzene rings is 2. The predicted octanol–water partition coefficient (Wildman–Crippen LogP) is 5.25. The number of allylic oxidation sites excluding steroid dienone is 2. The first kappa shape index (κ1) is 18.3. The van der Waals surface area contributed by atoms with E-state index in [1.54, 1.807) is 0 Å². The molecule has 0 aliphatic carbocycles. The van der Waals surface area contributed by atoms with Crippen molar-refractivity contribution in [3.63, 3.8) is 0 Å². The first-order valence-corrected chi connectivity index (χ1v) is 8.27. The summed E-state index contributed by atoms with van der Waals surface area (Å²) in [6.45, 7) is 8.15. The molecule has 2 rings (SSSR count). The molecule has 0 bridgehead atoms. The van der Waals surface area contributed by atoms with Crippen molar-refractivity contribution in [3.8, 4) is 0 Å². The summed E-state index contributed by atoms with van der Waals surface area (Å²) in [5.74, 6) is 1.21. The van der Waals surface area contributed by atoms with E-state index in [4.69, 9.17) is 4.99 Å². The Morgan fingerprint density at radius 2 is 1.60 bits per heavy atom. The zero-order valence-corrected chi connectivity index (χ0v) is 14.8. The second kappa shape index (κ2) is 9.93. The second-order valence-corrected chi connectivity index (χ2v) is 5.33. The number of amidine groups is 2. The van der Waals surface area contributed by atoms with Gasteiger partial charge in [-0.05, 0) is 26.1 Å². The average molecular weight is 329 g/mol. The van der Waals surface area contributed by atoms with Crippen molar-refractivity contribution in [2.24, 2.45) is 15.0 Å². The molecule has 0 aromatic heterocycles. The number of hydrogen-bond donors (Lipinski definition) is 0. The normalized spacial score (nSPS) is 13.3. The minimum Gasteiger partial charge on any atom is -0.261 e. The van der Waals surface area contributed by atoms with Crippen LogP contribution in [0.1, 0.15) is 25.0 Å². The van der Waals surface area contributed by atoms with Gasteiger partial charge in [0.1, 0.15) is 0 Å².